The molecule has 3 fully saturated rings. The molecule has 5 aromatic heterocycles. The van der Waals surface area contributed by atoms with Crippen molar-refractivity contribution in [3.8, 4) is 17.2 Å². The molecule has 1 amide bonds. The number of hydrogen-bond acceptors (Lipinski definition) is 8. The molecule has 4 aliphatic rings. The molecule has 0 bridgehead atoms. The Kier molecular flexibility index (Phi) is 9.41. The summed E-state index contributed by atoms with van der Waals surface area (Å²) in [4.78, 5) is 47.5. The Morgan fingerprint density at radius 2 is 1.66 bits per heavy atom. The van der Waals surface area contributed by atoms with Crippen LogP contribution in [0.1, 0.15) is 128 Å². The molecule has 0 spiro atoms. The summed E-state index contributed by atoms with van der Waals surface area (Å²) in [7, 11) is 0. The summed E-state index contributed by atoms with van der Waals surface area (Å²) in [6.45, 7) is 12.5. The minimum atomic E-state index is -0.857. The molecule has 350 valence electrons. The van der Waals surface area contributed by atoms with E-state index in [0.29, 0.717) is 82.3 Å². The second kappa shape index (κ2) is 15.1. The highest BCUT2D eigenvalue weighted by Gasteiger charge is 2.59. The number of carbonyl (C=O) groups excluding carboxylic acids is 1. The molecule has 2 aliphatic carbocycles. The van der Waals surface area contributed by atoms with Crippen molar-refractivity contribution in [3.05, 3.63) is 139 Å². The summed E-state index contributed by atoms with van der Waals surface area (Å²) in [5.41, 5.74) is 4.11. The number of rotatable bonds is 8. The van der Waals surface area contributed by atoms with E-state index in [1.807, 2.05) is 28.3 Å². The second-order valence-electron chi connectivity index (χ2n) is 20.2. The Hall–Kier alpha value is -6.88. The smallest absolute Gasteiger partial charge is 0.376 e. The van der Waals surface area contributed by atoms with E-state index >= 15 is 13.6 Å². The van der Waals surface area contributed by atoms with Crippen molar-refractivity contribution >= 4 is 27.7 Å². The third-order valence-corrected chi connectivity index (χ3v) is 15.5. The van der Waals surface area contributed by atoms with Crippen LogP contribution in [0.25, 0.3) is 39.0 Å². The van der Waals surface area contributed by atoms with Gasteiger partial charge in [-0.25, -0.2) is 23.1 Å². The van der Waals surface area contributed by atoms with Gasteiger partial charge in [0.1, 0.15) is 22.9 Å². The van der Waals surface area contributed by atoms with Crippen molar-refractivity contribution in [1.82, 2.24) is 48.3 Å². The summed E-state index contributed by atoms with van der Waals surface area (Å²) < 4.78 is 51.1. The summed E-state index contributed by atoms with van der Waals surface area (Å²) in [5, 5.41) is 15.0. The topological polar surface area (TPSA) is 156 Å². The molecule has 2 saturated carbocycles. The minimum Gasteiger partial charge on any atom is -0.376 e. The van der Waals surface area contributed by atoms with Crippen LogP contribution in [0.2, 0.25) is 0 Å². The van der Waals surface area contributed by atoms with Gasteiger partial charge in [-0.15, -0.1) is 0 Å². The monoisotopic (exact) mass is 922 g/mol. The molecule has 1 N–H and O–H groups in total. The van der Waals surface area contributed by atoms with E-state index in [-0.39, 0.29) is 40.9 Å². The average Bonchev–Trinajstić information content (AvgIpc) is 3.94. The van der Waals surface area contributed by atoms with Crippen molar-refractivity contribution < 1.29 is 22.8 Å². The molecule has 17 heteroatoms. The van der Waals surface area contributed by atoms with Crippen molar-refractivity contribution in [1.29, 1.82) is 0 Å². The first-order valence-corrected chi connectivity index (χ1v) is 23.7. The number of aromatic amines is 1. The first-order valence-electron chi connectivity index (χ1n) is 23.7. The van der Waals surface area contributed by atoms with Crippen LogP contribution in [-0.4, -0.2) is 73.0 Å². The maximum Gasteiger partial charge on any atom is 0.438 e. The molecule has 4 atom stereocenters. The quantitative estimate of drug-likeness (QED) is 0.159. The summed E-state index contributed by atoms with van der Waals surface area (Å²) in [5.74, 6) is -0.857. The molecular formula is C51H52F2N10O5. The van der Waals surface area contributed by atoms with Gasteiger partial charge in [-0.05, 0) is 144 Å². The fraction of sp³-hybridized carbons (Fsp3) is 0.412. The van der Waals surface area contributed by atoms with Crippen LogP contribution < -0.4 is 11.4 Å². The van der Waals surface area contributed by atoms with Gasteiger partial charge < -0.3 is 14.2 Å². The van der Waals surface area contributed by atoms with Gasteiger partial charge in [0, 0.05) is 48.4 Å². The predicted molar refractivity (Wildman–Crippen MR) is 249 cm³/mol. The van der Waals surface area contributed by atoms with Crippen molar-refractivity contribution in [2.45, 2.75) is 116 Å². The molecule has 68 heavy (non-hydrogen) atoms. The van der Waals surface area contributed by atoms with Crippen LogP contribution in [0, 0.1) is 31.4 Å². The van der Waals surface area contributed by atoms with E-state index in [9.17, 15) is 9.59 Å². The van der Waals surface area contributed by atoms with Crippen LogP contribution in [0.4, 0.5) is 8.78 Å². The van der Waals surface area contributed by atoms with Gasteiger partial charge in [0.05, 0.1) is 51.9 Å². The van der Waals surface area contributed by atoms with Crippen LogP contribution in [-0.2, 0) is 16.7 Å². The molecule has 0 radical (unpaired) electrons. The zero-order chi connectivity index (χ0) is 47.1. The van der Waals surface area contributed by atoms with Gasteiger partial charge in [-0.3, -0.25) is 28.1 Å². The maximum atomic E-state index is 16.5. The number of amides is 1. The number of nitrogens with zero attached hydrogens (tertiary/aromatic N) is 9. The molecule has 12 rings (SSSR count). The first-order chi connectivity index (χ1) is 32.6. The number of ether oxygens (including phenoxy) is 1. The zero-order valence-corrected chi connectivity index (χ0v) is 38.8. The fourth-order valence-corrected chi connectivity index (χ4v) is 11.6. The number of benzene rings is 3. The number of halogens is 2. The Balaban J connectivity index is 0.989. The van der Waals surface area contributed by atoms with Gasteiger partial charge in [0.15, 0.2) is 11.6 Å². The number of fused-ring (bicyclic) bond motifs is 3. The predicted octanol–water partition coefficient (Wildman–Crippen LogP) is 8.63. The van der Waals surface area contributed by atoms with E-state index in [0.717, 1.165) is 48.6 Å². The Bertz CT molecular complexity index is 3480. The summed E-state index contributed by atoms with van der Waals surface area (Å²) in [6, 6.07) is 14.7. The van der Waals surface area contributed by atoms with Crippen LogP contribution in [0.15, 0.2) is 81.2 Å². The SMILES string of the molecule is Cc1cc(-n2nc3c(c2-n2ccn(-c4ccc5c(cnn5C5CCC5)c4F)c2=O)[C@H](C)N(C(=O)c2cc4cc([C@H]5CCOC(C)(C)C5)ccc4n2[C@@]2(c4noc(=O)[nH]4)C[C@@H]2C)CC3)cc(C)c1F. The van der Waals surface area contributed by atoms with Gasteiger partial charge >= 0.3 is 11.4 Å². The van der Waals surface area contributed by atoms with E-state index < -0.39 is 28.8 Å². The average molecular weight is 923 g/mol. The zero-order valence-electron chi connectivity index (χ0n) is 38.8. The highest BCUT2D eigenvalue weighted by atomic mass is 19.1. The third-order valence-electron chi connectivity index (χ3n) is 15.5. The van der Waals surface area contributed by atoms with Crippen molar-refractivity contribution in [3.63, 3.8) is 0 Å². The Morgan fingerprint density at radius 1 is 0.912 bits per heavy atom. The molecule has 0 unspecified atom stereocenters. The third kappa shape index (κ3) is 6.29. The number of aromatic nitrogens is 9. The number of carbonyl (C=O) groups is 1. The normalized spacial score (nSPS) is 22.5. The molecule has 7 heterocycles. The van der Waals surface area contributed by atoms with Gasteiger partial charge in [0.25, 0.3) is 5.91 Å². The standard InChI is InChI=1S/C51H52F2N10O5/c1-27-20-35(21-28(2)43(27)52)63-45(60-18-17-59(49(60)66)40-13-12-39-36(44(40)53)26-54-62(39)34-8-7-9-34)42-30(4)58(16-14-37(42)56-63)46(64)41-23-33-22-31(32-15-19-67-50(5,6)25-32)10-11-38(33)61(41)51(24-29(51)3)47-55-48(65)68-57-47/h10-13,17-18,20-23,26,29-30,32,34H,7-9,14-16,19,24-25H2,1-6H3,(H,55,57,65)/t29-,30-,32-,51-/m0/s1. The largest absolute Gasteiger partial charge is 0.438 e. The van der Waals surface area contributed by atoms with Crippen LogP contribution in [0.5, 0.6) is 0 Å². The Labute approximate surface area is 388 Å². The summed E-state index contributed by atoms with van der Waals surface area (Å²) in [6.07, 6.45) is 10.4. The van der Waals surface area contributed by atoms with E-state index in [1.54, 1.807) is 47.8 Å². The lowest BCUT2D eigenvalue weighted by atomic mass is 9.83. The van der Waals surface area contributed by atoms with Gasteiger partial charge in [-0.2, -0.15) is 10.2 Å². The lowest BCUT2D eigenvalue weighted by molar-refractivity contribution is -0.0592. The molecule has 8 aromatic rings. The molecule has 1 saturated heterocycles. The van der Waals surface area contributed by atoms with Crippen molar-refractivity contribution in [2.75, 3.05) is 13.2 Å². The highest BCUT2D eigenvalue weighted by molar-refractivity contribution is 6.00. The maximum absolute atomic E-state index is 16.5. The van der Waals surface area contributed by atoms with Gasteiger partial charge in [-0.1, -0.05) is 18.1 Å². The lowest BCUT2D eigenvalue weighted by Crippen LogP contribution is -2.41. The van der Waals surface area contributed by atoms with Crippen LogP contribution in [0.3, 0.4) is 0 Å². The second-order valence-corrected chi connectivity index (χ2v) is 20.2. The fourth-order valence-electron chi connectivity index (χ4n) is 11.6. The van der Waals surface area contributed by atoms with Gasteiger partial charge in [0.2, 0.25) is 0 Å². The number of H-pyrrole nitrogens is 1. The van der Waals surface area contributed by atoms with Crippen LogP contribution >= 0.6 is 0 Å². The number of imidazole rings is 1. The molecule has 15 nitrogen and oxygen atoms in total. The minimum absolute atomic E-state index is 0.000372. The first kappa shape index (κ1) is 42.5. The van der Waals surface area contributed by atoms with E-state index in [1.165, 1.54) is 21.5 Å². The molecule has 2 aliphatic heterocycles. The molecule has 3 aromatic carbocycles. The number of nitrogens with one attached hydrogen (secondary N) is 1. The highest BCUT2D eigenvalue weighted by Crippen LogP contribution is 2.56. The molecular weight excluding hydrogens is 871 g/mol. The lowest BCUT2D eigenvalue weighted by Gasteiger charge is -2.35. The number of hydrogen-bond donors (Lipinski definition) is 1. The van der Waals surface area contributed by atoms with Crippen molar-refractivity contribution in [2.24, 2.45) is 5.92 Å². The number of aryl methyl sites for hydroxylation is 2. The summed E-state index contributed by atoms with van der Waals surface area (Å²) >= 11 is 0. The van der Waals surface area contributed by atoms with E-state index in [4.69, 9.17) is 14.4 Å². The Morgan fingerprint density at radius 3 is 2.35 bits per heavy atom. The van der Waals surface area contributed by atoms with E-state index in [2.05, 4.69) is 54.2 Å².